The van der Waals surface area contributed by atoms with Gasteiger partial charge < -0.3 is 10.2 Å². The summed E-state index contributed by atoms with van der Waals surface area (Å²) in [5, 5.41) is 3.24. The topological polar surface area (TPSA) is 32.3 Å². The van der Waals surface area contributed by atoms with E-state index in [0.29, 0.717) is 5.91 Å². The van der Waals surface area contributed by atoms with Gasteiger partial charge in [0.25, 0.3) is 0 Å². The Morgan fingerprint density at radius 2 is 2.13 bits per heavy atom. The molecule has 3 nitrogen and oxygen atoms in total. The van der Waals surface area contributed by atoms with E-state index in [0.717, 1.165) is 32.5 Å². The van der Waals surface area contributed by atoms with Crippen LogP contribution in [0, 0.1) is 5.41 Å². The fraction of sp³-hybridized carbons (Fsp3) is 0.917. The molecule has 1 saturated heterocycles. The van der Waals surface area contributed by atoms with Gasteiger partial charge in [-0.1, -0.05) is 27.7 Å². The molecule has 1 amide bonds. The maximum absolute atomic E-state index is 12.0. The molecule has 1 fully saturated rings. The quantitative estimate of drug-likeness (QED) is 0.751. The number of carbonyl (C=O) groups excluding carboxylic acids is 1. The highest BCUT2D eigenvalue weighted by Gasteiger charge is 2.33. The van der Waals surface area contributed by atoms with Crippen LogP contribution in [0.4, 0.5) is 0 Å². The Kier molecular flexibility index (Phi) is 4.14. The summed E-state index contributed by atoms with van der Waals surface area (Å²) < 4.78 is 0. The molecule has 0 aromatic carbocycles. The van der Waals surface area contributed by atoms with Crippen LogP contribution in [0.15, 0.2) is 0 Å². The minimum atomic E-state index is 0.0719. The van der Waals surface area contributed by atoms with E-state index < -0.39 is 0 Å². The Labute approximate surface area is 93.2 Å². The minimum absolute atomic E-state index is 0.0719. The molecule has 1 N–H and O–H groups in total. The molecule has 1 rings (SSSR count). The van der Waals surface area contributed by atoms with Crippen molar-refractivity contribution in [3.63, 3.8) is 0 Å². The van der Waals surface area contributed by atoms with Gasteiger partial charge >= 0.3 is 0 Å². The third-order valence-electron chi connectivity index (χ3n) is 3.32. The number of nitrogens with zero attached hydrogens (tertiary/aromatic N) is 1. The molecule has 0 saturated carbocycles. The van der Waals surface area contributed by atoms with Crippen LogP contribution in [-0.2, 0) is 4.79 Å². The summed E-state index contributed by atoms with van der Waals surface area (Å²) in [5.41, 5.74) is 0.247. The average molecular weight is 212 g/mol. The molecule has 15 heavy (non-hydrogen) atoms. The number of rotatable bonds is 5. The van der Waals surface area contributed by atoms with Gasteiger partial charge in [0.1, 0.15) is 0 Å². The van der Waals surface area contributed by atoms with Gasteiger partial charge in [-0.3, -0.25) is 4.79 Å². The molecule has 3 heteroatoms. The summed E-state index contributed by atoms with van der Waals surface area (Å²) in [6.07, 6.45) is 2.08. The highest BCUT2D eigenvalue weighted by Crippen LogP contribution is 2.24. The number of nitrogens with one attached hydrogen (secondary N) is 1. The summed E-state index contributed by atoms with van der Waals surface area (Å²) in [7, 11) is 0. The Bertz CT molecular complexity index is 226. The molecule has 0 aromatic heterocycles. The van der Waals surface area contributed by atoms with Gasteiger partial charge in [0, 0.05) is 13.1 Å². The standard InChI is InChI=1S/C12H24N2O/c1-5-12(3,4)9-14-8-7-10(11(14)15)13-6-2/h10,13H,5-9H2,1-4H3. The van der Waals surface area contributed by atoms with Crippen molar-refractivity contribution >= 4 is 5.91 Å². The molecule has 0 aromatic rings. The van der Waals surface area contributed by atoms with Gasteiger partial charge in [-0.05, 0) is 24.8 Å². The third kappa shape index (κ3) is 3.20. The van der Waals surface area contributed by atoms with E-state index in [1.54, 1.807) is 0 Å². The van der Waals surface area contributed by atoms with Crippen LogP contribution < -0.4 is 5.32 Å². The van der Waals surface area contributed by atoms with Crippen LogP contribution in [0.1, 0.15) is 40.5 Å². The van der Waals surface area contributed by atoms with E-state index in [2.05, 4.69) is 26.1 Å². The van der Waals surface area contributed by atoms with Crippen LogP contribution in [0.3, 0.4) is 0 Å². The fourth-order valence-electron chi connectivity index (χ4n) is 1.96. The number of amides is 1. The van der Waals surface area contributed by atoms with Crippen molar-refractivity contribution in [3.8, 4) is 0 Å². The Balaban J connectivity index is 2.49. The number of likely N-dealkylation sites (N-methyl/N-ethyl adjacent to an activating group) is 1. The molecular weight excluding hydrogens is 188 g/mol. The van der Waals surface area contributed by atoms with Crippen molar-refractivity contribution in [2.24, 2.45) is 5.41 Å². The monoisotopic (exact) mass is 212 g/mol. The number of likely N-dealkylation sites (tertiary alicyclic amines) is 1. The molecule has 1 aliphatic rings. The van der Waals surface area contributed by atoms with Crippen LogP contribution in [0.5, 0.6) is 0 Å². The van der Waals surface area contributed by atoms with E-state index in [-0.39, 0.29) is 11.5 Å². The summed E-state index contributed by atoms with van der Waals surface area (Å²) in [4.78, 5) is 14.0. The number of hydrogen-bond acceptors (Lipinski definition) is 2. The minimum Gasteiger partial charge on any atom is -0.341 e. The second-order valence-corrected chi connectivity index (χ2v) is 5.18. The first-order valence-corrected chi connectivity index (χ1v) is 6.02. The lowest BCUT2D eigenvalue weighted by molar-refractivity contribution is -0.130. The van der Waals surface area contributed by atoms with Gasteiger partial charge in [-0.2, -0.15) is 0 Å². The first-order chi connectivity index (χ1) is 7.00. The molecular formula is C12H24N2O. The van der Waals surface area contributed by atoms with E-state index in [9.17, 15) is 4.79 Å². The lowest BCUT2D eigenvalue weighted by Gasteiger charge is -2.29. The summed E-state index contributed by atoms with van der Waals surface area (Å²) in [5.74, 6) is 0.290. The smallest absolute Gasteiger partial charge is 0.239 e. The van der Waals surface area contributed by atoms with Crippen LogP contribution in [0.2, 0.25) is 0 Å². The van der Waals surface area contributed by atoms with E-state index in [1.165, 1.54) is 0 Å². The summed E-state index contributed by atoms with van der Waals surface area (Å²) >= 11 is 0. The first-order valence-electron chi connectivity index (χ1n) is 6.02. The second-order valence-electron chi connectivity index (χ2n) is 5.18. The predicted molar refractivity (Wildman–Crippen MR) is 62.7 cm³/mol. The number of hydrogen-bond donors (Lipinski definition) is 1. The fourth-order valence-corrected chi connectivity index (χ4v) is 1.96. The molecule has 88 valence electrons. The normalized spacial score (nSPS) is 22.5. The van der Waals surface area contributed by atoms with E-state index >= 15 is 0 Å². The van der Waals surface area contributed by atoms with Crippen molar-refractivity contribution in [3.05, 3.63) is 0 Å². The zero-order valence-corrected chi connectivity index (χ0v) is 10.5. The highest BCUT2D eigenvalue weighted by molar-refractivity contribution is 5.84. The molecule has 0 spiro atoms. The van der Waals surface area contributed by atoms with E-state index in [1.807, 2.05) is 11.8 Å². The summed E-state index contributed by atoms with van der Waals surface area (Å²) in [6, 6.07) is 0.0719. The molecule has 0 bridgehead atoms. The van der Waals surface area contributed by atoms with Crippen molar-refractivity contribution < 1.29 is 4.79 Å². The van der Waals surface area contributed by atoms with Crippen LogP contribution in [-0.4, -0.2) is 36.5 Å². The van der Waals surface area contributed by atoms with Crippen molar-refractivity contribution in [1.82, 2.24) is 10.2 Å². The molecule has 0 aliphatic carbocycles. The third-order valence-corrected chi connectivity index (χ3v) is 3.32. The Morgan fingerprint density at radius 1 is 1.47 bits per heavy atom. The average Bonchev–Trinajstić information content (AvgIpc) is 2.50. The van der Waals surface area contributed by atoms with Gasteiger partial charge in [0.2, 0.25) is 5.91 Å². The first kappa shape index (κ1) is 12.5. The van der Waals surface area contributed by atoms with Gasteiger partial charge in [0.15, 0.2) is 0 Å². The zero-order chi connectivity index (χ0) is 11.5. The molecule has 0 radical (unpaired) electrons. The second kappa shape index (κ2) is 4.97. The molecule has 1 heterocycles. The van der Waals surface area contributed by atoms with Crippen LogP contribution in [0.25, 0.3) is 0 Å². The van der Waals surface area contributed by atoms with Crippen molar-refractivity contribution in [2.45, 2.75) is 46.6 Å². The highest BCUT2D eigenvalue weighted by atomic mass is 16.2. The van der Waals surface area contributed by atoms with Crippen LogP contribution >= 0.6 is 0 Å². The molecule has 1 unspecified atom stereocenters. The van der Waals surface area contributed by atoms with Gasteiger partial charge in [-0.25, -0.2) is 0 Å². The van der Waals surface area contributed by atoms with Crippen molar-refractivity contribution in [1.29, 1.82) is 0 Å². The predicted octanol–water partition coefficient (Wildman–Crippen LogP) is 1.63. The lowest BCUT2D eigenvalue weighted by Crippen LogP contribution is -2.41. The lowest BCUT2D eigenvalue weighted by atomic mass is 9.90. The van der Waals surface area contributed by atoms with E-state index in [4.69, 9.17) is 0 Å². The molecule has 1 atom stereocenters. The SMILES string of the molecule is CCNC1CCN(CC(C)(C)CC)C1=O. The summed E-state index contributed by atoms with van der Waals surface area (Å²) in [6.45, 7) is 11.4. The maximum atomic E-state index is 12.0. The zero-order valence-electron chi connectivity index (χ0n) is 10.5. The van der Waals surface area contributed by atoms with Gasteiger partial charge in [-0.15, -0.1) is 0 Å². The van der Waals surface area contributed by atoms with Crippen molar-refractivity contribution in [2.75, 3.05) is 19.6 Å². The maximum Gasteiger partial charge on any atom is 0.239 e. The number of carbonyl (C=O) groups is 1. The largest absolute Gasteiger partial charge is 0.341 e. The Morgan fingerprint density at radius 3 is 2.67 bits per heavy atom. The Hall–Kier alpha value is -0.570. The van der Waals surface area contributed by atoms with Gasteiger partial charge in [0.05, 0.1) is 6.04 Å². The molecule has 1 aliphatic heterocycles.